The molecule has 4 nitrogen and oxygen atoms in total. The molecule has 6 heteroatoms. The van der Waals surface area contributed by atoms with Crippen LogP contribution in [-0.4, -0.2) is 41.2 Å². The van der Waals surface area contributed by atoms with E-state index in [1.807, 2.05) is 11.8 Å². The molecule has 0 bridgehead atoms. The quantitative estimate of drug-likeness (QED) is 0.616. The van der Waals surface area contributed by atoms with Crippen LogP contribution in [0.25, 0.3) is 0 Å². The third kappa shape index (κ3) is 4.34. The maximum absolute atomic E-state index is 11.7. The van der Waals surface area contributed by atoms with Crippen LogP contribution in [0.2, 0.25) is 0 Å². The fraction of sp³-hybridized carbons (Fsp3) is 0.778. The third-order valence-corrected chi connectivity index (χ3v) is 3.68. The van der Waals surface area contributed by atoms with Crippen molar-refractivity contribution in [2.24, 2.45) is 0 Å². The molecule has 1 rings (SSSR count). The van der Waals surface area contributed by atoms with E-state index in [4.69, 9.17) is 0 Å². The molecule has 1 aliphatic heterocycles. The van der Waals surface area contributed by atoms with Gasteiger partial charge in [-0.05, 0) is 12.2 Å². The molecule has 0 saturated carbocycles. The molecule has 0 aromatic heterocycles. The Morgan fingerprint density at radius 3 is 2.80 bits per heavy atom. The van der Waals surface area contributed by atoms with Gasteiger partial charge in [-0.2, -0.15) is 24.4 Å². The summed E-state index contributed by atoms with van der Waals surface area (Å²) in [5.41, 5.74) is 0. The Morgan fingerprint density at radius 2 is 2.33 bits per heavy atom. The molecular weight excluding hydrogens is 232 g/mol. The Labute approximate surface area is 99.4 Å². The molecule has 2 atom stereocenters. The van der Waals surface area contributed by atoms with Gasteiger partial charge in [0.15, 0.2) is 0 Å². The lowest BCUT2D eigenvalue weighted by molar-refractivity contribution is -0.127. The zero-order chi connectivity index (χ0) is 11.3. The number of rotatable bonds is 4. The van der Waals surface area contributed by atoms with Gasteiger partial charge in [-0.15, -0.1) is 0 Å². The van der Waals surface area contributed by atoms with E-state index in [0.29, 0.717) is 5.75 Å². The van der Waals surface area contributed by atoms with Crippen molar-refractivity contribution < 1.29 is 9.59 Å². The highest BCUT2D eigenvalue weighted by Gasteiger charge is 2.23. The molecule has 0 aliphatic carbocycles. The summed E-state index contributed by atoms with van der Waals surface area (Å²) >= 11 is 5.88. The van der Waals surface area contributed by atoms with Crippen LogP contribution in [0.4, 0.5) is 0 Å². The van der Waals surface area contributed by atoms with Crippen molar-refractivity contribution in [3.8, 4) is 0 Å². The van der Waals surface area contributed by atoms with Gasteiger partial charge in [0.1, 0.15) is 6.04 Å². The van der Waals surface area contributed by atoms with Crippen molar-refractivity contribution in [2.45, 2.75) is 25.4 Å². The van der Waals surface area contributed by atoms with Crippen molar-refractivity contribution in [1.82, 2.24) is 10.6 Å². The van der Waals surface area contributed by atoms with Crippen molar-refractivity contribution in [2.75, 3.05) is 17.3 Å². The van der Waals surface area contributed by atoms with Crippen molar-refractivity contribution in [1.29, 1.82) is 0 Å². The number of amides is 2. The zero-order valence-electron chi connectivity index (χ0n) is 8.66. The summed E-state index contributed by atoms with van der Waals surface area (Å²) in [6.45, 7) is 1.40. The maximum atomic E-state index is 11.7. The molecule has 1 aliphatic rings. The number of hydrogen-bond donors (Lipinski definition) is 3. The van der Waals surface area contributed by atoms with Crippen LogP contribution in [-0.2, 0) is 9.59 Å². The summed E-state index contributed by atoms with van der Waals surface area (Å²) in [7, 11) is 0. The Hall–Kier alpha value is -0.360. The van der Waals surface area contributed by atoms with Crippen LogP contribution in [0.1, 0.15) is 13.3 Å². The van der Waals surface area contributed by atoms with Crippen molar-refractivity contribution in [3.05, 3.63) is 0 Å². The second kappa shape index (κ2) is 6.27. The monoisotopic (exact) mass is 248 g/mol. The summed E-state index contributed by atoms with van der Waals surface area (Å²) in [5, 5.41) is 5.48. The van der Waals surface area contributed by atoms with Gasteiger partial charge in [0.2, 0.25) is 11.8 Å². The molecule has 15 heavy (non-hydrogen) atoms. The normalized spacial score (nSPS) is 22.1. The molecule has 0 aromatic carbocycles. The van der Waals surface area contributed by atoms with Gasteiger partial charge in [0, 0.05) is 24.5 Å². The number of carbonyl (C=O) groups excluding carboxylic acids is 2. The highest BCUT2D eigenvalue weighted by atomic mass is 32.2. The van der Waals surface area contributed by atoms with E-state index in [1.165, 1.54) is 6.92 Å². The number of thiol groups is 1. The minimum atomic E-state index is -0.517. The first-order valence-electron chi connectivity index (χ1n) is 4.89. The van der Waals surface area contributed by atoms with Crippen LogP contribution in [0, 0.1) is 0 Å². The fourth-order valence-corrected chi connectivity index (χ4v) is 2.80. The van der Waals surface area contributed by atoms with E-state index in [2.05, 4.69) is 23.3 Å². The van der Waals surface area contributed by atoms with E-state index in [-0.39, 0.29) is 17.9 Å². The predicted octanol–water partition coefficient (Wildman–Crippen LogP) is 0.0426. The summed E-state index contributed by atoms with van der Waals surface area (Å²) < 4.78 is 0. The summed E-state index contributed by atoms with van der Waals surface area (Å²) in [6.07, 6.45) is 1.01. The predicted molar refractivity (Wildman–Crippen MR) is 65.3 cm³/mol. The van der Waals surface area contributed by atoms with Gasteiger partial charge in [-0.1, -0.05) is 0 Å². The molecule has 0 spiro atoms. The van der Waals surface area contributed by atoms with E-state index < -0.39 is 6.04 Å². The number of carbonyl (C=O) groups is 2. The highest BCUT2D eigenvalue weighted by molar-refractivity contribution is 7.99. The molecule has 1 fully saturated rings. The van der Waals surface area contributed by atoms with Crippen LogP contribution < -0.4 is 10.6 Å². The molecular formula is C9H16N2O2S2. The van der Waals surface area contributed by atoms with E-state index in [1.54, 1.807) is 0 Å². The fourth-order valence-electron chi connectivity index (χ4n) is 1.39. The third-order valence-electron chi connectivity index (χ3n) is 2.15. The minimum absolute atomic E-state index is 0.132. The number of hydrogen-bond acceptors (Lipinski definition) is 4. The van der Waals surface area contributed by atoms with Crippen LogP contribution in [0.15, 0.2) is 0 Å². The minimum Gasteiger partial charge on any atom is -0.351 e. The first kappa shape index (κ1) is 12.7. The summed E-state index contributed by atoms with van der Waals surface area (Å²) in [4.78, 5) is 22.5. The Kier molecular flexibility index (Phi) is 5.31. The standard InChI is InChI=1S/C9H16N2O2S2/c1-6(12)10-8(4-14)9(13)11-7-2-3-15-5-7/h7-8,14H,2-5H2,1H3,(H,10,12)(H,11,13). The average Bonchev–Trinajstić information content (AvgIpc) is 2.66. The smallest absolute Gasteiger partial charge is 0.243 e. The molecule has 0 aromatic rings. The molecule has 1 heterocycles. The summed E-state index contributed by atoms with van der Waals surface area (Å²) in [5.74, 6) is 2.05. The van der Waals surface area contributed by atoms with Crippen LogP contribution in [0.3, 0.4) is 0 Å². The van der Waals surface area contributed by atoms with Gasteiger partial charge in [0.05, 0.1) is 0 Å². The summed E-state index contributed by atoms with van der Waals surface area (Å²) in [6, 6.07) is -0.268. The second-order valence-electron chi connectivity index (χ2n) is 3.50. The SMILES string of the molecule is CC(=O)NC(CS)C(=O)NC1CCSC1. The lowest BCUT2D eigenvalue weighted by Gasteiger charge is -2.18. The van der Waals surface area contributed by atoms with Crippen molar-refractivity contribution >= 4 is 36.2 Å². The molecule has 2 amide bonds. The van der Waals surface area contributed by atoms with Gasteiger partial charge in [0.25, 0.3) is 0 Å². The molecule has 1 saturated heterocycles. The molecule has 2 N–H and O–H groups in total. The average molecular weight is 248 g/mol. The Bertz CT molecular complexity index is 242. The zero-order valence-corrected chi connectivity index (χ0v) is 10.4. The Balaban J connectivity index is 2.38. The molecule has 2 unspecified atom stereocenters. The van der Waals surface area contributed by atoms with E-state index >= 15 is 0 Å². The topological polar surface area (TPSA) is 58.2 Å². The van der Waals surface area contributed by atoms with Gasteiger partial charge < -0.3 is 10.6 Å². The largest absolute Gasteiger partial charge is 0.351 e. The lowest BCUT2D eigenvalue weighted by atomic mass is 10.2. The highest BCUT2D eigenvalue weighted by Crippen LogP contribution is 2.16. The van der Waals surface area contributed by atoms with Gasteiger partial charge >= 0.3 is 0 Å². The molecule has 86 valence electrons. The first-order chi connectivity index (χ1) is 7.13. The Morgan fingerprint density at radius 1 is 1.60 bits per heavy atom. The number of nitrogens with one attached hydrogen (secondary N) is 2. The first-order valence-corrected chi connectivity index (χ1v) is 6.68. The van der Waals surface area contributed by atoms with Crippen LogP contribution in [0.5, 0.6) is 0 Å². The van der Waals surface area contributed by atoms with E-state index in [9.17, 15) is 9.59 Å². The van der Waals surface area contributed by atoms with Crippen LogP contribution >= 0.6 is 24.4 Å². The van der Waals surface area contributed by atoms with Crippen molar-refractivity contribution in [3.63, 3.8) is 0 Å². The molecule has 0 radical (unpaired) electrons. The lowest BCUT2D eigenvalue weighted by Crippen LogP contribution is -2.50. The number of thioether (sulfide) groups is 1. The van der Waals surface area contributed by atoms with Gasteiger partial charge in [-0.3, -0.25) is 9.59 Å². The second-order valence-corrected chi connectivity index (χ2v) is 5.02. The maximum Gasteiger partial charge on any atom is 0.243 e. The van der Waals surface area contributed by atoms with E-state index in [0.717, 1.165) is 17.9 Å². The van der Waals surface area contributed by atoms with Gasteiger partial charge in [-0.25, -0.2) is 0 Å².